The molecule has 6 heteroatoms. The van der Waals surface area contributed by atoms with Gasteiger partial charge in [0.25, 0.3) is 0 Å². The average Bonchev–Trinajstić information content (AvgIpc) is 2.98. The Kier molecular flexibility index (Phi) is 6.30. The molecule has 0 aromatic heterocycles. The quantitative estimate of drug-likeness (QED) is 0.401. The zero-order valence-corrected chi connectivity index (χ0v) is 16.7. The number of aliphatic imine (C=N–C) groups is 1. The second-order valence-corrected chi connectivity index (χ2v) is 7.38. The molecule has 1 aliphatic rings. The third-order valence-corrected chi connectivity index (χ3v) is 5.11. The van der Waals surface area contributed by atoms with Crippen molar-refractivity contribution in [2.45, 2.75) is 19.3 Å². The molecule has 0 heterocycles. The van der Waals surface area contributed by atoms with Gasteiger partial charge in [0, 0.05) is 51.8 Å². The van der Waals surface area contributed by atoms with E-state index in [2.05, 4.69) is 22.6 Å². The number of fused-ring (bicyclic) bond motifs is 1. The monoisotopic (exact) mass is 473 g/mol. The van der Waals surface area contributed by atoms with Crippen LogP contribution in [0.3, 0.4) is 0 Å². The van der Waals surface area contributed by atoms with Crippen LogP contribution in [0.25, 0.3) is 0 Å². The molecule has 2 aromatic carbocycles. The molecule has 0 N–H and O–H groups in total. The van der Waals surface area contributed by atoms with Crippen molar-refractivity contribution in [2.75, 3.05) is 20.3 Å². The predicted molar refractivity (Wildman–Crippen MR) is 107 cm³/mol. The van der Waals surface area contributed by atoms with Crippen molar-refractivity contribution >= 4 is 39.9 Å². The molecule has 2 aromatic rings. The number of hydrogen-bond acceptors (Lipinski definition) is 3. The second-order valence-electron chi connectivity index (χ2n) is 5.78. The Balaban J connectivity index is 1.87. The minimum absolute atomic E-state index is 0.317. The highest BCUT2D eigenvalue weighted by Crippen LogP contribution is 2.37. The van der Waals surface area contributed by atoms with Crippen LogP contribution in [0.15, 0.2) is 35.3 Å². The highest BCUT2D eigenvalue weighted by Gasteiger charge is 2.24. The standard InChI is InChI=1S/C19H18ClFINO2/c1-24-8-2-7-23-17-5-3-15-18(6-4-16(22)19(15)17)25-14-10-12(20)9-13(21)11-14/h4,6,9-11H,2-3,5,7-8H2,1H3. The minimum atomic E-state index is -0.412. The first-order valence-corrected chi connectivity index (χ1v) is 9.52. The summed E-state index contributed by atoms with van der Waals surface area (Å²) >= 11 is 8.24. The number of nitrogens with zero attached hydrogens (tertiary/aromatic N) is 1. The molecule has 0 radical (unpaired) electrons. The van der Waals surface area contributed by atoms with Gasteiger partial charge in [0.15, 0.2) is 0 Å². The molecule has 132 valence electrons. The van der Waals surface area contributed by atoms with Crippen molar-refractivity contribution in [3.63, 3.8) is 0 Å². The highest BCUT2D eigenvalue weighted by atomic mass is 127. The van der Waals surface area contributed by atoms with E-state index in [1.807, 2.05) is 12.1 Å². The fourth-order valence-electron chi connectivity index (χ4n) is 2.92. The molecule has 0 atom stereocenters. The second kappa shape index (κ2) is 8.47. The van der Waals surface area contributed by atoms with Crippen molar-refractivity contribution in [3.05, 3.63) is 55.9 Å². The van der Waals surface area contributed by atoms with Gasteiger partial charge >= 0.3 is 0 Å². The van der Waals surface area contributed by atoms with Crippen LogP contribution in [0.5, 0.6) is 11.5 Å². The molecule has 25 heavy (non-hydrogen) atoms. The van der Waals surface area contributed by atoms with Crippen LogP contribution in [0.1, 0.15) is 24.0 Å². The lowest BCUT2D eigenvalue weighted by molar-refractivity contribution is 0.197. The lowest BCUT2D eigenvalue weighted by Gasteiger charge is -2.12. The lowest BCUT2D eigenvalue weighted by atomic mass is 10.1. The summed E-state index contributed by atoms with van der Waals surface area (Å²) < 4.78 is 25.7. The van der Waals surface area contributed by atoms with Gasteiger partial charge < -0.3 is 9.47 Å². The summed E-state index contributed by atoms with van der Waals surface area (Å²) in [4.78, 5) is 4.73. The average molecular weight is 474 g/mol. The molecule has 0 spiro atoms. The summed E-state index contributed by atoms with van der Waals surface area (Å²) in [6.07, 6.45) is 2.67. The van der Waals surface area contributed by atoms with Crippen molar-refractivity contribution in [1.82, 2.24) is 0 Å². The van der Waals surface area contributed by atoms with Gasteiger partial charge in [-0.05, 0) is 66.1 Å². The Morgan fingerprint density at radius 1 is 1.24 bits per heavy atom. The van der Waals surface area contributed by atoms with Crippen molar-refractivity contribution in [2.24, 2.45) is 4.99 Å². The Morgan fingerprint density at radius 2 is 2.08 bits per heavy atom. The first kappa shape index (κ1) is 18.6. The molecule has 0 bridgehead atoms. The van der Waals surface area contributed by atoms with E-state index in [0.717, 1.165) is 52.0 Å². The van der Waals surface area contributed by atoms with Gasteiger partial charge in [-0.15, -0.1) is 0 Å². The van der Waals surface area contributed by atoms with Crippen LogP contribution in [-0.4, -0.2) is 26.0 Å². The molecule has 0 aliphatic heterocycles. The fraction of sp³-hybridized carbons (Fsp3) is 0.316. The summed E-state index contributed by atoms with van der Waals surface area (Å²) in [6, 6.07) is 8.14. The van der Waals surface area contributed by atoms with Gasteiger partial charge in [-0.2, -0.15) is 0 Å². The molecule has 3 rings (SSSR count). The van der Waals surface area contributed by atoms with Crippen LogP contribution in [0.2, 0.25) is 5.02 Å². The number of ether oxygens (including phenoxy) is 2. The fourth-order valence-corrected chi connectivity index (χ4v) is 3.95. The van der Waals surface area contributed by atoms with Gasteiger partial charge in [-0.25, -0.2) is 4.39 Å². The molecule has 0 saturated heterocycles. The number of rotatable bonds is 6. The summed E-state index contributed by atoms with van der Waals surface area (Å²) in [5, 5.41) is 0.317. The van der Waals surface area contributed by atoms with E-state index in [-0.39, 0.29) is 0 Å². The first-order valence-electron chi connectivity index (χ1n) is 8.06. The van der Waals surface area contributed by atoms with Gasteiger partial charge in [0.2, 0.25) is 0 Å². The van der Waals surface area contributed by atoms with Crippen LogP contribution < -0.4 is 4.74 Å². The molecule has 0 saturated carbocycles. The molecule has 0 unspecified atom stereocenters. The Bertz CT molecular complexity index is 790. The van der Waals surface area contributed by atoms with Crippen LogP contribution in [0, 0.1) is 9.39 Å². The van der Waals surface area contributed by atoms with Crippen LogP contribution in [-0.2, 0) is 11.2 Å². The lowest BCUT2D eigenvalue weighted by Crippen LogP contribution is -2.01. The van der Waals surface area contributed by atoms with E-state index in [0.29, 0.717) is 17.4 Å². The zero-order valence-electron chi connectivity index (χ0n) is 13.8. The van der Waals surface area contributed by atoms with Gasteiger partial charge in [0.1, 0.15) is 17.3 Å². The predicted octanol–water partition coefficient (Wildman–Crippen LogP) is 5.65. The Labute approximate surface area is 165 Å². The Hall–Kier alpha value is -1.18. The SMILES string of the molecule is COCCCN=C1CCc2c(Oc3cc(F)cc(Cl)c3)ccc(I)c21. The van der Waals surface area contributed by atoms with Gasteiger partial charge in [-0.1, -0.05) is 11.6 Å². The molecule has 0 fully saturated rings. The van der Waals surface area contributed by atoms with Crippen molar-refractivity contribution < 1.29 is 13.9 Å². The van der Waals surface area contributed by atoms with Crippen molar-refractivity contribution in [3.8, 4) is 11.5 Å². The van der Waals surface area contributed by atoms with E-state index >= 15 is 0 Å². The number of methoxy groups -OCH3 is 1. The molecular formula is C19H18ClFINO2. The smallest absolute Gasteiger partial charge is 0.131 e. The summed E-state index contributed by atoms with van der Waals surface area (Å²) in [5.74, 6) is 0.725. The van der Waals surface area contributed by atoms with E-state index in [4.69, 9.17) is 26.1 Å². The maximum atomic E-state index is 13.5. The topological polar surface area (TPSA) is 30.8 Å². The molecule has 1 aliphatic carbocycles. The Morgan fingerprint density at radius 3 is 2.84 bits per heavy atom. The summed E-state index contributed by atoms with van der Waals surface area (Å²) in [6.45, 7) is 1.47. The highest BCUT2D eigenvalue weighted by molar-refractivity contribution is 14.1. The van der Waals surface area contributed by atoms with Gasteiger partial charge in [0.05, 0.1) is 0 Å². The summed E-state index contributed by atoms with van der Waals surface area (Å²) in [5.41, 5.74) is 3.38. The van der Waals surface area contributed by atoms with E-state index < -0.39 is 5.82 Å². The number of benzene rings is 2. The minimum Gasteiger partial charge on any atom is -0.457 e. The van der Waals surface area contributed by atoms with Crippen LogP contribution >= 0.6 is 34.2 Å². The maximum absolute atomic E-state index is 13.5. The molecule has 0 amide bonds. The largest absolute Gasteiger partial charge is 0.457 e. The van der Waals surface area contributed by atoms with E-state index in [9.17, 15) is 4.39 Å². The normalized spacial score (nSPS) is 14.8. The number of hydrogen-bond donors (Lipinski definition) is 0. The maximum Gasteiger partial charge on any atom is 0.131 e. The van der Waals surface area contributed by atoms with E-state index in [1.165, 1.54) is 12.1 Å². The molecule has 3 nitrogen and oxygen atoms in total. The first-order chi connectivity index (χ1) is 12.1. The zero-order chi connectivity index (χ0) is 17.8. The van der Waals surface area contributed by atoms with Gasteiger partial charge in [-0.3, -0.25) is 4.99 Å². The summed E-state index contributed by atoms with van der Waals surface area (Å²) in [7, 11) is 1.70. The third-order valence-electron chi connectivity index (χ3n) is 3.99. The van der Waals surface area contributed by atoms with E-state index in [1.54, 1.807) is 13.2 Å². The van der Waals surface area contributed by atoms with Crippen molar-refractivity contribution in [1.29, 1.82) is 0 Å². The third kappa shape index (κ3) is 4.51. The molecular weight excluding hydrogens is 456 g/mol. The van der Waals surface area contributed by atoms with Crippen LogP contribution in [0.4, 0.5) is 4.39 Å². The number of halogens is 3.